The standard InChI is InChI=1S/C30H29N5O5/c1-34-10-2-3-11-35(34)30(37)21-15-25(36)28(33-18-21)27-16-24-29(40-27)23(6-9-32-24)19-4-5-26(20(14-19)17-31)39-22-7-12-38-13-8-22/h4-6,9,14-16,18,22,36H,2-3,7-8,10-13H2,1H3. The Morgan fingerprint density at radius 2 is 1.95 bits per heavy atom. The van der Waals surface area contributed by atoms with Crippen molar-refractivity contribution in [2.24, 2.45) is 0 Å². The number of pyridine rings is 2. The van der Waals surface area contributed by atoms with Crippen LogP contribution in [0, 0.1) is 11.3 Å². The fourth-order valence-corrected chi connectivity index (χ4v) is 5.20. The molecule has 0 radical (unpaired) electrons. The Bertz CT molecular complexity index is 1600. The normalized spacial score (nSPS) is 16.6. The van der Waals surface area contributed by atoms with Gasteiger partial charge in [0, 0.05) is 57.0 Å². The molecule has 1 aromatic carbocycles. The van der Waals surface area contributed by atoms with Gasteiger partial charge in [-0.25, -0.2) is 9.99 Å². The van der Waals surface area contributed by atoms with Gasteiger partial charge in [-0.2, -0.15) is 5.26 Å². The molecule has 2 saturated heterocycles. The van der Waals surface area contributed by atoms with E-state index in [1.165, 1.54) is 12.3 Å². The third-order valence-electron chi connectivity index (χ3n) is 7.38. The molecule has 4 aromatic rings. The highest BCUT2D eigenvalue weighted by Gasteiger charge is 2.25. The lowest BCUT2D eigenvalue weighted by atomic mass is 10.0. The summed E-state index contributed by atoms with van der Waals surface area (Å²) in [6, 6.07) is 12.7. The second-order valence-corrected chi connectivity index (χ2v) is 10.0. The van der Waals surface area contributed by atoms with Gasteiger partial charge < -0.3 is 19.0 Å². The Hall–Kier alpha value is -4.46. The minimum absolute atomic E-state index is 0.0228. The van der Waals surface area contributed by atoms with Gasteiger partial charge >= 0.3 is 0 Å². The lowest BCUT2D eigenvalue weighted by Crippen LogP contribution is -2.48. The van der Waals surface area contributed by atoms with Gasteiger partial charge in [0.2, 0.25) is 0 Å². The number of aromatic hydroxyl groups is 1. The second-order valence-electron chi connectivity index (χ2n) is 10.0. The minimum atomic E-state index is -0.206. The second kappa shape index (κ2) is 11.0. The molecule has 0 unspecified atom stereocenters. The smallest absolute Gasteiger partial charge is 0.269 e. The van der Waals surface area contributed by atoms with Gasteiger partial charge in [-0.05, 0) is 42.7 Å². The number of nitriles is 1. The van der Waals surface area contributed by atoms with Gasteiger partial charge in [0.1, 0.15) is 34.9 Å². The van der Waals surface area contributed by atoms with E-state index >= 15 is 0 Å². The van der Waals surface area contributed by atoms with Crippen LogP contribution in [0.4, 0.5) is 0 Å². The van der Waals surface area contributed by atoms with E-state index in [1.54, 1.807) is 23.3 Å². The fourth-order valence-electron chi connectivity index (χ4n) is 5.20. The van der Waals surface area contributed by atoms with E-state index in [9.17, 15) is 15.2 Å². The Balaban J connectivity index is 1.29. The van der Waals surface area contributed by atoms with Gasteiger partial charge in [0.25, 0.3) is 5.91 Å². The number of fused-ring (bicyclic) bond motifs is 1. The Morgan fingerprint density at radius 1 is 1.12 bits per heavy atom. The van der Waals surface area contributed by atoms with Gasteiger partial charge in [0.15, 0.2) is 11.3 Å². The zero-order chi connectivity index (χ0) is 27.6. The van der Waals surface area contributed by atoms with Crippen molar-refractivity contribution in [2.45, 2.75) is 31.8 Å². The van der Waals surface area contributed by atoms with Crippen molar-refractivity contribution in [1.82, 2.24) is 20.0 Å². The maximum Gasteiger partial charge on any atom is 0.269 e. The van der Waals surface area contributed by atoms with Crippen LogP contribution in [0.25, 0.3) is 33.7 Å². The Labute approximate surface area is 231 Å². The first-order valence-electron chi connectivity index (χ1n) is 13.4. The van der Waals surface area contributed by atoms with Gasteiger partial charge in [-0.3, -0.25) is 14.8 Å². The van der Waals surface area contributed by atoms with Crippen molar-refractivity contribution in [3.63, 3.8) is 0 Å². The first-order valence-corrected chi connectivity index (χ1v) is 13.4. The van der Waals surface area contributed by atoms with Crippen LogP contribution in [0.15, 0.2) is 53.2 Å². The van der Waals surface area contributed by atoms with E-state index in [-0.39, 0.29) is 23.5 Å². The average Bonchev–Trinajstić information content (AvgIpc) is 3.42. The number of rotatable bonds is 5. The molecule has 1 amide bonds. The minimum Gasteiger partial charge on any atom is -0.506 e. The topological polar surface area (TPSA) is 125 Å². The zero-order valence-corrected chi connectivity index (χ0v) is 22.2. The molecule has 5 heterocycles. The molecule has 204 valence electrons. The summed E-state index contributed by atoms with van der Waals surface area (Å²) in [6.07, 6.45) is 6.70. The number of hydrogen-bond donors (Lipinski definition) is 1. The van der Waals surface area contributed by atoms with E-state index in [4.69, 9.17) is 13.9 Å². The van der Waals surface area contributed by atoms with Crippen molar-refractivity contribution < 1.29 is 23.8 Å². The first kappa shape index (κ1) is 25.8. The van der Waals surface area contributed by atoms with Crippen molar-refractivity contribution in [3.8, 4) is 40.1 Å². The quantitative estimate of drug-likeness (QED) is 0.382. The molecule has 0 atom stereocenters. The molecular formula is C30H29N5O5. The average molecular weight is 540 g/mol. The zero-order valence-electron chi connectivity index (χ0n) is 22.2. The van der Waals surface area contributed by atoms with Crippen molar-refractivity contribution >= 4 is 17.0 Å². The molecule has 0 aliphatic carbocycles. The number of hydrogen-bond acceptors (Lipinski definition) is 9. The van der Waals surface area contributed by atoms with Crippen LogP contribution in [0.2, 0.25) is 0 Å². The summed E-state index contributed by atoms with van der Waals surface area (Å²) in [5.74, 6) is 0.500. The van der Waals surface area contributed by atoms with Crippen LogP contribution in [0.3, 0.4) is 0 Å². The van der Waals surface area contributed by atoms with Crippen molar-refractivity contribution in [2.75, 3.05) is 33.4 Å². The molecule has 2 aliphatic rings. The predicted molar refractivity (Wildman–Crippen MR) is 146 cm³/mol. The van der Waals surface area contributed by atoms with E-state index in [0.717, 1.165) is 43.4 Å². The first-order chi connectivity index (χ1) is 19.5. The highest BCUT2D eigenvalue weighted by atomic mass is 16.5. The SMILES string of the molecule is CN1CCCCN1C(=O)c1cnc(-c2cc3nccc(-c4ccc(OC5CCOCC5)c(C#N)c4)c3o2)c(O)c1. The number of ether oxygens (including phenoxy) is 2. The predicted octanol–water partition coefficient (Wildman–Crippen LogP) is 4.77. The highest BCUT2D eigenvalue weighted by molar-refractivity contribution is 5.95. The molecule has 2 aliphatic heterocycles. The highest BCUT2D eigenvalue weighted by Crippen LogP contribution is 2.37. The molecule has 3 aromatic heterocycles. The number of carbonyl (C=O) groups is 1. The summed E-state index contributed by atoms with van der Waals surface area (Å²) in [4.78, 5) is 21.8. The summed E-state index contributed by atoms with van der Waals surface area (Å²) in [5.41, 5.74) is 3.53. The van der Waals surface area contributed by atoms with E-state index < -0.39 is 0 Å². The number of benzene rings is 1. The Kier molecular flexibility index (Phi) is 7.07. The molecule has 40 heavy (non-hydrogen) atoms. The molecule has 10 nitrogen and oxygen atoms in total. The molecule has 0 spiro atoms. The number of carbonyl (C=O) groups excluding carboxylic acids is 1. The fraction of sp³-hybridized carbons (Fsp3) is 0.333. The van der Waals surface area contributed by atoms with E-state index in [0.29, 0.717) is 53.5 Å². The lowest BCUT2D eigenvalue weighted by Gasteiger charge is -2.35. The Morgan fingerprint density at radius 3 is 2.73 bits per heavy atom. The summed E-state index contributed by atoms with van der Waals surface area (Å²) < 4.78 is 17.7. The van der Waals surface area contributed by atoms with Crippen molar-refractivity contribution in [3.05, 3.63) is 59.9 Å². The van der Waals surface area contributed by atoms with E-state index in [1.807, 2.05) is 30.3 Å². The maximum atomic E-state index is 13.0. The largest absolute Gasteiger partial charge is 0.506 e. The summed E-state index contributed by atoms with van der Waals surface area (Å²) in [5, 5.41) is 24.2. The van der Waals surface area contributed by atoms with Gasteiger partial charge in [-0.15, -0.1) is 0 Å². The van der Waals surface area contributed by atoms with Crippen molar-refractivity contribution in [1.29, 1.82) is 5.26 Å². The maximum absolute atomic E-state index is 13.0. The lowest BCUT2D eigenvalue weighted by molar-refractivity contribution is -0.0114. The molecular weight excluding hydrogens is 510 g/mol. The molecule has 0 bridgehead atoms. The summed E-state index contributed by atoms with van der Waals surface area (Å²) in [6.45, 7) is 2.74. The molecule has 10 heteroatoms. The van der Waals surface area contributed by atoms with Gasteiger partial charge in [-0.1, -0.05) is 6.07 Å². The number of aromatic nitrogens is 2. The summed E-state index contributed by atoms with van der Waals surface area (Å²) >= 11 is 0. The molecule has 0 saturated carbocycles. The molecule has 2 fully saturated rings. The third-order valence-corrected chi connectivity index (χ3v) is 7.38. The van der Waals surface area contributed by atoms with Crippen LogP contribution in [-0.4, -0.2) is 70.5 Å². The monoisotopic (exact) mass is 539 g/mol. The number of nitrogens with zero attached hydrogens (tertiary/aromatic N) is 5. The van der Waals surface area contributed by atoms with Crippen LogP contribution in [0.5, 0.6) is 11.5 Å². The van der Waals surface area contributed by atoms with Crippen LogP contribution in [-0.2, 0) is 4.74 Å². The van der Waals surface area contributed by atoms with E-state index in [2.05, 4.69) is 16.0 Å². The van der Waals surface area contributed by atoms with Gasteiger partial charge in [0.05, 0.1) is 24.3 Å². The molecule has 1 N–H and O–H groups in total. The van der Waals surface area contributed by atoms with Crippen LogP contribution in [0.1, 0.15) is 41.6 Å². The number of hydrazine groups is 1. The van der Waals surface area contributed by atoms with Crippen LogP contribution >= 0.6 is 0 Å². The van der Waals surface area contributed by atoms with Crippen LogP contribution < -0.4 is 4.74 Å². The third kappa shape index (κ3) is 4.97. The number of furan rings is 1. The molecule has 6 rings (SSSR count). The summed E-state index contributed by atoms with van der Waals surface area (Å²) in [7, 11) is 1.88. The number of amides is 1.